The second kappa shape index (κ2) is 5.60. The summed E-state index contributed by atoms with van der Waals surface area (Å²) in [5, 5.41) is 4.01. The third-order valence-electron chi connectivity index (χ3n) is 3.75. The highest BCUT2D eigenvalue weighted by atomic mass is 16.1. The molecule has 22 heavy (non-hydrogen) atoms. The van der Waals surface area contributed by atoms with E-state index in [0.717, 1.165) is 27.7 Å². The van der Waals surface area contributed by atoms with E-state index < -0.39 is 0 Å². The number of aromatic nitrogens is 1. The number of carbonyl (C=O) groups is 1. The van der Waals surface area contributed by atoms with Gasteiger partial charge in [0.25, 0.3) is 5.91 Å². The van der Waals surface area contributed by atoms with Gasteiger partial charge in [-0.3, -0.25) is 4.79 Å². The number of nitrogens with one attached hydrogen (secondary N) is 1. The topological polar surface area (TPSA) is 42.0 Å². The van der Waals surface area contributed by atoms with E-state index in [4.69, 9.17) is 0 Å². The predicted molar refractivity (Wildman–Crippen MR) is 90.3 cm³/mol. The fourth-order valence-corrected chi connectivity index (χ4v) is 2.75. The van der Waals surface area contributed by atoms with Crippen molar-refractivity contribution in [3.63, 3.8) is 0 Å². The van der Waals surface area contributed by atoms with Gasteiger partial charge in [-0.15, -0.1) is 0 Å². The first-order valence-electron chi connectivity index (χ1n) is 7.29. The second-order valence-corrected chi connectivity index (χ2v) is 5.62. The van der Waals surface area contributed by atoms with Crippen molar-refractivity contribution in [2.45, 2.75) is 20.8 Å². The number of hydrogen-bond donors (Lipinski definition) is 1. The SMILES string of the molecule is Cc1cc(C)c(NC(=O)c2ccc3ccccc3n2)c(C)c1. The van der Waals surface area contributed by atoms with Gasteiger partial charge in [0.1, 0.15) is 5.69 Å². The molecule has 3 rings (SSSR count). The van der Waals surface area contributed by atoms with Crippen LogP contribution in [0.25, 0.3) is 10.9 Å². The highest BCUT2D eigenvalue weighted by Gasteiger charge is 2.12. The van der Waals surface area contributed by atoms with Crippen molar-refractivity contribution in [3.05, 3.63) is 70.9 Å². The van der Waals surface area contributed by atoms with Gasteiger partial charge in [0.15, 0.2) is 0 Å². The van der Waals surface area contributed by atoms with Crippen LogP contribution in [0, 0.1) is 20.8 Å². The van der Waals surface area contributed by atoms with Gasteiger partial charge in [0.05, 0.1) is 5.52 Å². The van der Waals surface area contributed by atoms with E-state index in [9.17, 15) is 4.79 Å². The van der Waals surface area contributed by atoms with Crippen LogP contribution in [0.5, 0.6) is 0 Å². The molecule has 1 aromatic heterocycles. The fourth-order valence-electron chi connectivity index (χ4n) is 2.75. The zero-order valence-electron chi connectivity index (χ0n) is 13.0. The monoisotopic (exact) mass is 290 g/mol. The molecule has 1 amide bonds. The van der Waals surface area contributed by atoms with Gasteiger partial charge in [-0.1, -0.05) is 42.0 Å². The molecule has 0 fully saturated rings. The van der Waals surface area contributed by atoms with Crippen LogP contribution in [0.1, 0.15) is 27.2 Å². The van der Waals surface area contributed by atoms with E-state index >= 15 is 0 Å². The third kappa shape index (κ3) is 2.70. The first-order valence-corrected chi connectivity index (χ1v) is 7.29. The number of rotatable bonds is 2. The zero-order valence-corrected chi connectivity index (χ0v) is 13.0. The number of carbonyl (C=O) groups excluding carboxylic acids is 1. The minimum absolute atomic E-state index is 0.180. The lowest BCUT2D eigenvalue weighted by atomic mass is 10.0. The molecule has 0 aliphatic rings. The maximum atomic E-state index is 12.5. The van der Waals surface area contributed by atoms with Crippen molar-refractivity contribution in [1.29, 1.82) is 0 Å². The molecule has 0 aliphatic carbocycles. The van der Waals surface area contributed by atoms with Crippen LogP contribution in [0.4, 0.5) is 5.69 Å². The van der Waals surface area contributed by atoms with Crippen LogP contribution in [-0.4, -0.2) is 10.9 Å². The van der Waals surface area contributed by atoms with Gasteiger partial charge in [-0.05, 0) is 44.0 Å². The van der Waals surface area contributed by atoms with Crippen molar-refractivity contribution < 1.29 is 4.79 Å². The van der Waals surface area contributed by atoms with Crippen LogP contribution >= 0.6 is 0 Å². The molecule has 1 heterocycles. The van der Waals surface area contributed by atoms with Crippen molar-refractivity contribution >= 4 is 22.5 Å². The van der Waals surface area contributed by atoms with Gasteiger partial charge in [0, 0.05) is 11.1 Å². The molecular formula is C19H18N2O. The summed E-state index contributed by atoms with van der Waals surface area (Å²) < 4.78 is 0. The van der Waals surface area contributed by atoms with Gasteiger partial charge >= 0.3 is 0 Å². The lowest BCUT2D eigenvalue weighted by molar-refractivity contribution is 0.102. The third-order valence-corrected chi connectivity index (χ3v) is 3.75. The quantitative estimate of drug-likeness (QED) is 0.759. The molecule has 0 radical (unpaired) electrons. The lowest BCUT2D eigenvalue weighted by Crippen LogP contribution is -2.15. The number of amides is 1. The first-order chi connectivity index (χ1) is 10.5. The summed E-state index contributed by atoms with van der Waals surface area (Å²) in [6.07, 6.45) is 0. The Balaban J connectivity index is 1.93. The van der Waals surface area contributed by atoms with Crippen molar-refractivity contribution in [3.8, 4) is 0 Å². The Morgan fingerprint density at radius 2 is 1.64 bits per heavy atom. The minimum atomic E-state index is -0.180. The smallest absolute Gasteiger partial charge is 0.274 e. The normalized spacial score (nSPS) is 10.7. The molecule has 0 atom stereocenters. The van der Waals surface area contributed by atoms with Gasteiger partial charge in [-0.2, -0.15) is 0 Å². The number of aryl methyl sites for hydroxylation is 3. The van der Waals surface area contributed by atoms with Crippen LogP contribution in [0.2, 0.25) is 0 Å². The van der Waals surface area contributed by atoms with Gasteiger partial charge in [0.2, 0.25) is 0 Å². The molecule has 3 aromatic rings. The Labute approximate surface area is 130 Å². The Bertz CT molecular complexity index is 845. The zero-order chi connectivity index (χ0) is 15.7. The molecule has 3 nitrogen and oxygen atoms in total. The summed E-state index contributed by atoms with van der Waals surface area (Å²) >= 11 is 0. The van der Waals surface area contributed by atoms with E-state index in [1.54, 1.807) is 6.07 Å². The summed E-state index contributed by atoms with van der Waals surface area (Å²) in [5.74, 6) is -0.180. The van der Waals surface area contributed by atoms with E-state index in [1.807, 2.05) is 44.2 Å². The van der Waals surface area contributed by atoms with E-state index in [2.05, 4.69) is 29.4 Å². The maximum absolute atomic E-state index is 12.5. The number of anilines is 1. The summed E-state index contributed by atoms with van der Waals surface area (Å²) in [6, 6.07) is 15.6. The molecule has 0 saturated carbocycles. The molecule has 0 saturated heterocycles. The summed E-state index contributed by atoms with van der Waals surface area (Å²) in [7, 11) is 0. The molecule has 0 aliphatic heterocycles. The molecule has 3 heteroatoms. The van der Waals surface area contributed by atoms with Crippen molar-refractivity contribution in [2.24, 2.45) is 0 Å². The summed E-state index contributed by atoms with van der Waals surface area (Å²) in [5.41, 5.74) is 5.44. The Hall–Kier alpha value is -2.68. The molecule has 0 spiro atoms. The average Bonchev–Trinajstić information content (AvgIpc) is 2.50. The van der Waals surface area contributed by atoms with Crippen LogP contribution in [0.15, 0.2) is 48.5 Å². The number of pyridine rings is 1. The predicted octanol–water partition coefficient (Wildman–Crippen LogP) is 4.41. The van der Waals surface area contributed by atoms with Crippen LogP contribution in [0.3, 0.4) is 0 Å². The largest absolute Gasteiger partial charge is 0.320 e. The molecule has 0 unspecified atom stereocenters. The highest BCUT2D eigenvalue weighted by molar-refractivity contribution is 6.04. The Morgan fingerprint density at radius 3 is 2.36 bits per heavy atom. The number of benzene rings is 2. The molecule has 2 aromatic carbocycles. The van der Waals surface area contributed by atoms with Crippen molar-refractivity contribution in [1.82, 2.24) is 4.98 Å². The number of hydrogen-bond acceptors (Lipinski definition) is 2. The Kier molecular flexibility index (Phi) is 3.63. The fraction of sp³-hybridized carbons (Fsp3) is 0.158. The minimum Gasteiger partial charge on any atom is -0.320 e. The second-order valence-electron chi connectivity index (χ2n) is 5.62. The molecule has 1 N–H and O–H groups in total. The number of nitrogens with zero attached hydrogens (tertiary/aromatic N) is 1. The van der Waals surface area contributed by atoms with Gasteiger partial charge in [-0.25, -0.2) is 4.98 Å². The highest BCUT2D eigenvalue weighted by Crippen LogP contribution is 2.22. The summed E-state index contributed by atoms with van der Waals surface area (Å²) in [4.78, 5) is 16.9. The number of para-hydroxylation sites is 1. The van der Waals surface area contributed by atoms with E-state index in [1.165, 1.54) is 5.56 Å². The van der Waals surface area contributed by atoms with Crippen LogP contribution < -0.4 is 5.32 Å². The average molecular weight is 290 g/mol. The maximum Gasteiger partial charge on any atom is 0.274 e. The lowest BCUT2D eigenvalue weighted by Gasteiger charge is -2.12. The molecule has 0 bridgehead atoms. The standard InChI is InChI=1S/C19H18N2O/c1-12-10-13(2)18(14(3)11-12)21-19(22)17-9-8-15-6-4-5-7-16(15)20-17/h4-11H,1-3H3,(H,21,22). The molecule has 110 valence electrons. The van der Waals surface area contributed by atoms with Gasteiger partial charge < -0.3 is 5.32 Å². The Morgan fingerprint density at radius 1 is 0.955 bits per heavy atom. The van der Waals surface area contributed by atoms with Crippen molar-refractivity contribution in [2.75, 3.05) is 5.32 Å². The van der Waals surface area contributed by atoms with Crippen LogP contribution in [-0.2, 0) is 0 Å². The van der Waals surface area contributed by atoms with E-state index in [-0.39, 0.29) is 5.91 Å². The first kappa shape index (κ1) is 14.3. The number of fused-ring (bicyclic) bond motifs is 1. The summed E-state index contributed by atoms with van der Waals surface area (Å²) in [6.45, 7) is 6.06. The van der Waals surface area contributed by atoms with E-state index in [0.29, 0.717) is 5.69 Å². The molecular weight excluding hydrogens is 272 g/mol.